The van der Waals surface area contributed by atoms with Crippen molar-refractivity contribution in [2.75, 3.05) is 13.2 Å². The van der Waals surface area contributed by atoms with Gasteiger partial charge in [0.05, 0.1) is 24.9 Å². The first-order valence-electron chi connectivity index (χ1n) is 16.0. The number of hydrogen-bond acceptors (Lipinski definition) is 6. The highest BCUT2D eigenvalue weighted by Gasteiger charge is 2.40. The maximum atomic E-state index is 13.8. The van der Waals surface area contributed by atoms with E-state index >= 15 is 0 Å². The Hall–Kier alpha value is -5.04. The van der Waals surface area contributed by atoms with Crippen LogP contribution in [0, 0.1) is 5.92 Å². The summed E-state index contributed by atoms with van der Waals surface area (Å²) in [4.78, 5) is 26.1. The summed E-state index contributed by atoms with van der Waals surface area (Å²) in [6, 6.07) is 46.3. The van der Waals surface area contributed by atoms with E-state index in [9.17, 15) is 14.7 Å². The summed E-state index contributed by atoms with van der Waals surface area (Å²) in [5, 5.41) is 11.6. The SMILES string of the molecule is CCOC(=O)c1cccc(CC[C@H](O)[C@H](COC(c2ccccc2)(c2ccccc2)c2ccccc2)C(=O)OCc2ccccc2)c1. The van der Waals surface area contributed by atoms with Crippen LogP contribution in [0.25, 0.3) is 0 Å². The fourth-order valence-corrected chi connectivity index (χ4v) is 5.74. The number of aryl methyl sites for hydroxylation is 1. The molecule has 0 unspecified atom stereocenters. The fourth-order valence-electron chi connectivity index (χ4n) is 5.74. The molecule has 240 valence electrons. The Morgan fingerprint density at radius 2 is 1.17 bits per heavy atom. The molecule has 0 aliphatic rings. The molecule has 0 aliphatic carbocycles. The Labute approximate surface area is 276 Å². The zero-order valence-corrected chi connectivity index (χ0v) is 26.5. The first kappa shape index (κ1) is 33.3. The monoisotopic (exact) mass is 628 g/mol. The van der Waals surface area contributed by atoms with Crippen molar-refractivity contribution < 1.29 is 28.9 Å². The van der Waals surface area contributed by atoms with Gasteiger partial charge in [-0.05, 0) is 59.7 Å². The molecule has 0 radical (unpaired) electrons. The lowest BCUT2D eigenvalue weighted by atomic mass is 9.80. The van der Waals surface area contributed by atoms with Crippen LogP contribution in [0.3, 0.4) is 0 Å². The first-order chi connectivity index (χ1) is 23.0. The molecule has 0 bridgehead atoms. The van der Waals surface area contributed by atoms with Crippen LogP contribution in [0.2, 0.25) is 0 Å². The molecule has 0 saturated heterocycles. The van der Waals surface area contributed by atoms with Crippen molar-refractivity contribution in [3.05, 3.63) is 179 Å². The van der Waals surface area contributed by atoms with Gasteiger partial charge < -0.3 is 19.3 Å². The maximum Gasteiger partial charge on any atom is 0.338 e. The second kappa shape index (κ2) is 16.5. The zero-order valence-electron chi connectivity index (χ0n) is 26.5. The van der Waals surface area contributed by atoms with E-state index in [-0.39, 0.29) is 26.2 Å². The lowest BCUT2D eigenvalue weighted by Gasteiger charge is -2.37. The number of carbonyl (C=O) groups excluding carboxylic acids is 2. The van der Waals surface area contributed by atoms with Gasteiger partial charge in [-0.15, -0.1) is 0 Å². The normalized spacial score (nSPS) is 12.6. The number of esters is 2. The van der Waals surface area contributed by atoms with E-state index in [1.54, 1.807) is 25.1 Å². The minimum absolute atomic E-state index is 0.0751. The van der Waals surface area contributed by atoms with Crippen molar-refractivity contribution in [3.8, 4) is 0 Å². The smallest absolute Gasteiger partial charge is 0.338 e. The summed E-state index contributed by atoms with van der Waals surface area (Å²) in [6.07, 6.45) is -0.419. The van der Waals surface area contributed by atoms with Gasteiger partial charge in [-0.25, -0.2) is 4.79 Å². The third-order valence-corrected chi connectivity index (χ3v) is 8.18. The lowest BCUT2D eigenvalue weighted by molar-refractivity contribution is -0.159. The molecular formula is C41H40O6. The van der Waals surface area contributed by atoms with E-state index in [0.717, 1.165) is 27.8 Å². The third-order valence-electron chi connectivity index (χ3n) is 8.18. The molecule has 5 rings (SSSR count). The predicted octanol–water partition coefficient (Wildman–Crippen LogP) is 7.53. The summed E-state index contributed by atoms with van der Waals surface area (Å²) in [6.45, 7) is 2.01. The van der Waals surface area contributed by atoms with Gasteiger partial charge in [0.2, 0.25) is 0 Å². The molecule has 0 aliphatic heterocycles. The Bertz CT molecular complexity index is 1590. The number of benzene rings is 5. The number of ether oxygens (including phenoxy) is 3. The van der Waals surface area contributed by atoms with Gasteiger partial charge in [0.1, 0.15) is 18.1 Å². The van der Waals surface area contributed by atoms with Gasteiger partial charge in [0, 0.05) is 0 Å². The van der Waals surface area contributed by atoms with Crippen LogP contribution >= 0.6 is 0 Å². The summed E-state index contributed by atoms with van der Waals surface area (Å²) >= 11 is 0. The van der Waals surface area contributed by atoms with Crippen molar-refractivity contribution in [1.29, 1.82) is 0 Å². The second-order valence-electron chi connectivity index (χ2n) is 11.3. The molecule has 1 N–H and O–H groups in total. The van der Waals surface area contributed by atoms with Gasteiger partial charge >= 0.3 is 11.9 Å². The van der Waals surface area contributed by atoms with Crippen LogP contribution in [-0.2, 0) is 37.6 Å². The van der Waals surface area contributed by atoms with Crippen LogP contribution in [0.4, 0.5) is 0 Å². The highest BCUT2D eigenvalue weighted by molar-refractivity contribution is 5.89. The van der Waals surface area contributed by atoms with Crippen LogP contribution in [0.5, 0.6) is 0 Å². The topological polar surface area (TPSA) is 82.1 Å². The van der Waals surface area contributed by atoms with Crippen molar-refractivity contribution >= 4 is 11.9 Å². The maximum absolute atomic E-state index is 13.8. The Morgan fingerprint density at radius 1 is 0.660 bits per heavy atom. The molecule has 6 nitrogen and oxygen atoms in total. The number of aliphatic hydroxyl groups excluding tert-OH is 1. The molecule has 0 spiro atoms. The summed E-state index contributed by atoms with van der Waals surface area (Å²) in [7, 11) is 0. The summed E-state index contributed by atoms with van der Waals surface area (Å²) < 4.78 is 17.9. The van der Waals surface area contributed by atoms with Crippen LogP contribution in [0.1, 0.15) is 51.5 Å². The molecular weight excluding hydrogens is 588 g/mol. The standard InChI is InChI=1S/C41H40O6/c1-2-45-39(43)33-19-15-18-31(28-33)26-27-38(42)37(40(44)46-29-32-16-7-3-8-17-32)30-47-41(34-20-9-4-10-21-34,35-22-11-5-12-23-35)36-24-13-6-14-25-36/h3-25,28,37-38,42H,2,26-27,29-30H2,1H3/t37-,38-/m0/s1. The predicted molar refractivity (Wildman–Crippen MR) is 182 cm³/mol. The molecule has 47 heavy (non-hydrogen) atoms. The van der Waals surface area contributed by atoms with Gasteiger partial charge in [0.25, 0.3) is 0 Å². The molecule has 0 aromatic heterocycles. The molecule has 6 heteroatoms. The van der Waals surface area contributed by atoms with Gasteiger partial charge in [-0.2, -0.15) is 0 Å². The lowest BCUT2D eigenvalue weighted by Crippen LogP contribution is -2.40. The van der Waals surface area contributed by atoms with E-state index in [1.165, 1.54) is 0 Å². The Morgan fingerprint density at radius 3 is 1.70 bits per heavy atom. The van der Waals surface area contributed by atoms with E-state index in [2.05, 4.69) is 0 Å². The number of aliphatic hydroxyl groups is 1. The van der Waals surface area contributed by atoms with Crippen molar-refractivity contribution in [1.82, 2.24) is 0 Å². The minimum Gasteiger partial charge on any atom is -0.462 e. The highest BCUT2D eigenvalue weighted by atomic mass is 16.5. The van der Waals surface area contributed by atoms with E-state index in [4.69, 9.17) is 14.2 Å². The van der Waals surface area contributed by atoms with Crippen LogP contribution < -0.4 is 0 Å². The molecule has 5 aromatic rings. The van der Waals surface area contributed by atoms with Gasteiger partial charge in [-0.3, -0.25) is 4.79 Å². The second-order valence-corrected chi connectivity index (χ2v) is 11.3. The molecule has 0 saturated carbocycles. The van der Waals surface area contributed by atoms with Crippen molar-refractivity contribution in [3.63, 3.8) is 0 Å². The van der Waals surface area contributed by atoms with E-state index < -0.39 is 29.6 Å². The zero-order chi connectivity index (χ0) is 32.9. The average molecular weight is 629 g/mol. The Balaban J connectivity index is 1.45. The fraction of sp³-hybridized carbons (Fsp3) is 0.220. The number of hydrogen-bond donors (Lipinski definition) is 1. The molecule has 5 aromatic carbocycles. The van der Waals surface area contributed by atoms with Crippen LogP contribution in [-0.4, -0.2) is 36.4 Å². The Kier molecular flexibility index (Phi) is 11.7. The largest absolute Gasteiger partial charge is 0.462 e. The van der Waals surface area contributed by atoms with Crippen molar-refractivity contribution in [2.24, 2.45) is 5.92 Å². The summed E-state index contributed by atoms with van der Waals surface area (Å²) in [5.41, 5.74) is 3.73. The average Bonchev–Trinajstić information content (AvgIpc) is 3.13. The molecule has 0 amide bonds. The molecule has 2 atom stereocenters. The number of carbonyl (C=O) groups is 2. The highest BCUT2D eigenvalue weighted by Crippen LogP contribution is 2.41. The number of rotatable bonds is 15. The molecule has 0 heterocycles. The molecule has 0 fully saturated rings. The van der Waals surface area contributed by atoms with Crippen molar-refractivity contribution in [2.45, 2.75) is 38.1 Å². The van der Waals surface area contributed by atoms with Gasteiger partial charge in [-0.1, -0.05) is 133 Å². The first-order valence-corrected chi connectivity index (χ1v) is 16.0. The van der Waals surface area contributed by atoms with Gasteiger partial charge in [0.15, 0.2) is 0 Å². The van der Waals surface area contributed by atoms with Crippen LogP contribution in [0.15, 0.2) is 146 Å². The third kappa shape index (κ3) is 8.41. The van der Waals surface area contributed by atoms with E-state index in [1.807, 2.05) is 127 Å². The summed E-state index contributed by atoms with van der Waals surface area (Å²) in [5.74, 6) is -1.95. The van der Waals surface area contributed by atoms with E-state index in [0.29, 0.717) is 12.0 Å². The minimum atomic E-state index is -1.09. The quantitative estimate of drug-likeness (QED) is 0.0954.